The summed E-state index contributed by atoms with van der Waals surface area (Å²) in [5.74, 6) is -1.19. The molecule has 2 unspecified atom stereocenters. The molecule has 1 saturated heterocycles. The Morgan fingerprint density at radius 3 is 2.71 bits per heavy atom. The molecule has 1 aliphatic rings. The maximum atomic E-state index is 12.1. The number of sulfonamides is 1. The predicted molar refractivity (Wildman–Crippen MR) is 59.6 cm³/mol. The Kier molecular flexibility index (Phi) is 4.10. The van der Waals surface area contributed by atoms with Gasteiger partial charge in [0.2, 0.25) is 15.9 Å². The molecule has 2 atom stereocenters. The molecule has 0 bridgehead atoms. The van der Waals surface area contributed by atoms with E-state index in [1.54, 1.807) is 0 Å². The number of hydrogen-bond acceptors (Lipinski definition) is 5. The van der Waals surface area contributed by atoms with E-state index in [2.05, 4.69) is 10.1 Å². The summed E-state index contributed by atoms with van der Waals surface area (Å²) >= 11 is 0. The van der Waals surface area contributed by atoms with Gasteiger partial charge in [0, 0.05) is 13.1 Å². The quantitative estimate of drug-likeness (QED) is 0.639. The van der Waals surface area contributed by atoms with Gasteiger partial charge in [-0.1, -0.05) is 0 Å². The lowest BCUT2D eigenvalue weighted by molar-refractivity contribution is -0.140. The van der Waals surface area contributed by atoms with Crippen LogP contribution in [0.25, 0.3) is 0 Å². The number of carbonyl (C=O) groups is 2. The number of nitrogens with one attached hydrogen (secondary N) is 1. The average Bonchev–Trinajstić information content (AvgIpc) is 2.30. The summed E-state index contributed by atoms with van der Waals surface area (Å²) < 4.78 is 29.6. The number of ether oxygens (including phenoxy) is 1. The summed E-state index contributed by atoms with van der Waals surface area (Å²) in [5, 5.41) is 1.25. The summed E-state index contributed by atoms with van der Waals surface area (Å²) in [5.41, 5.74) is 0. The zero-order chi connectivity index (χ0) is 13.2. The van der Waals surface area contributed by atoms with E-state index in [-0.39, 0.29) is 19.0 Å². The molecule has 1 heterocycles. The van der Waals surface area contributed by atoms with E-state index in [0.717, 1.165) is 11.4 Å². The summed E-state index contributed by atoms with van der Waals surface area (Å²) in [6.45, 7) is 3.14. The van der Waals surface area contributed by atoms with Crippen LogP contribution >= 0.6 is 0 Å². The number of carbonyl (C=O) groups excluding carboxylic acids is 2. The SMILES string of the molecule is COC(=O)C(C)S(=O)(=O)N1CCNC(=O)C1C. The second-order valence-electron chi connectivity index (χ2n) is 3.79. The molecule has 98 valence electrons. The van der Waals surface area contributed by atoms with E-state index in [9.17, 15) is 18.0 Å². The minimum Gasteiger partial charge on any atom is -0.468 e. The lowest BCUT2D eigenvalue weighted by Crippen LogP contribution is -2.58. The number of methoxy groups -OCH3 is 1. The van der Waals surface area contributed by atoms with E-state index >= 15 is 0 Å². The first kappa shape index (κ1) is 13.9. The van der Waals surface area contributed by atoms with Crippen LogP contribution in [-0.2, 0) is 24.3 Å². The fraction of sp³-hybridized carbons (Fsp3) is 0.778. The van der Waals surface area contributed by atoms with Gasteiger partial charge in [0.15, 0.2) is 5.25 Å². The van der Waals surface area contributed by atoms with Crippen molar-refractivity contribution in [1.29, 1.82) is 0 Å². The number of piperazine rings is 1. The zero-order valence-electron chi connectivity index (χ0n) is 9.97. The lowest BCUT2D eigenvalue weighted by atomic mass is 10.2. The summed E-state index contributed by atoms with van der Waals surface area (Å²) in [4.78, 5) is 22.6. The second-order valence-corrected chi connectivity index (χ2v) is 5.99. The van der Waals surface area contributed by atoms with E-state index in [0.29, 0.717) is 0 Å². The highest BCUT2D eigenvalue weighted by molar-refractivity contribution is 7.90. The highest BCUT2D eigenvalue weighted by atomic mass is 32.2. The van der Waals surface area contributed by atoms with Crippen LogP contribution in [0.4, 0.5) is 0 Å². The normalized spacial score (nSPS) is 23.9. The van der Waals surface area contributed by atoms with Crippen molar-refractivity contribution < 1.29 is 22.7 Å². The minimum absolute atomic E-state index is 0.163. The van der Waals surface area contributed by atoms with Crippen molar-refractivity contribution >= 4 is 21.9 Å². The zero-order valence-corrected chi connectivity index (χ0v) is 10.8. The third-order valence-electron chi connectivity index (χ3n) is 2.75. The molecule has 1 fully saturated rings. The van der Waals surface area contributed by atoms with Crippen LogP contribution < -0.4 is 5.32 Å². The maximum absolute atomic E-state index is 12.1. The molecular formula is C9H16N2O5S. The van der Waals surface area contributed by atoms with E-state index < -0.39 is 27.3 Å². The van der Waals surface area contributed by atoms with E-state index in [1.807, 2.05) is 0 Å². The first-order chi connectivity index (χ1) is 7.82. The van der Waals surface area contributed by atoms with E-state index in [1.165, 1.54) is 13.8 Å². The van der Waals surface area contributed by atoms with Gasteiger partial charge in [-0.05, 0) is 13.8 Å². The number of esters is 1. The van der Waals surface area contributed by atoms with Gasteiger partial charge in [-0.25, -0.2) is 8.42 Å². The third kappa shape index (κ3) is 2.58. The van der Waals surface area contributed by atoms with Gasteiger partial charge in [-0.3, -0.25) is 9.59 Å². The van der Waals surface area contributed by atoms with Crippen LogP contribution in [0.5, 0.6) is 0 Å². The highest BCUT2D eigenvalue weighted by Gasteiger charge is 2.40. The molecule has 7 nitrogen and oxygen atoms in total. The Balaban J connectivity index is 2.97. The smallest absolute Gasteiger partial charge is 0.325 e. The Labute approximate surface area is 100 Å². The first-order valence-corrected chi connectivity index (χ1v) is 6.69. The van der Waals surface area contributed by atoms with Crippen molar-refractivity contribution in [3.8, 4) is 0 Å². The molecule has 17 heavy (non-hydrogen) atoms. The molecular weight excluding hydrogens is 248 g/mol. The molecule has 0 aromatic carbocycles. The third-order valence-corrected chi connectivity index (χ3v) is 4.99. The van der Waals surface area contributed by atoms with Crippen molar-refractivity contribution in [3.63, 3.8) is 0 Å². The number of hydrogen-bond donors (Lipinski definition) is 1. The lowest BCUT2D eigenvalue weighted by Gasteiger charge is -2.33. The second kappa shape index (κ2) is 5.01. The van der Waals surface area contributed by atoms with Crippen molar-refractivity contribution in [2.75, 3.05) is 20.2 Å². The van der Waals surface area contributed by atoms with Gasteiger partial charge in [0.25, 0.3) is 0 Å². The maximum Gasteiger partial charge on any atom is 0.325 e. The number of nitrogens with zero attached hydrogens (tertiary/aromatic N) is 1. The van der Waals surface area contributed by atoms with Crippen LogP contribution in [0.15, 0.2) is 0 Å². The monoisotopic (exact) mass is 264 g/mol. The Morgan fingerprint density at radius 2 is 2.18 bits per heavy atom. The Bertz CT molecular complexity index is 419. The van der Waals surface area contributed by atoms with Crippen LogP contribution in [-0.4, -0.2) is 56.1 Å². The molecule has 1 amide bonds. The van der Waals surface area contributed by atoms with Gasteiger partial charge < -0.3 is 10.1 Å². The molecule has 0 aliphatic carbocycles. The summed E-state index contributed by atoms with van der Waals surface area (Å²) in [6, 6.07) is -0.805. The van der Waals surface area contributed by atoms with Gasteiger partial charge in [-0.2, -0.15) is 4.31 Å². The van der Waals surface area contributed by atoms with Crippen molar-refractivity contribution in [2.45, 2.75) is 25.1 Å². The fourth-order valence-electron chi connectivity index (χ4n) is 1.60. The standard InChI is InChI=1S/C9H16N2O5S/c1-6-8(12)10-4-5-11(6)17(14,15)7(2)9(13)16-3/h6-7H,4-5H2,1-3H3,(H,10,12). The Hall–Kier alpha value is -1.15. The van der Waals surface area contributed by atoms with Crippen LogP contribution in [0.2, 0.25) is 0 Å². The molecule has 0 saturated carbocycles. The summed E-state index contributed by atoms with van der Waals surface area (Å²) in [7, 11) is -2.73. The first-order valence-electron chi connectivity index (χ1n) is 5.18. The van der Waals surface area contributed by atoms with Crippen molar-refractivity contribution in [1.82, 2.24) is 9.62 Å². The van der Waals surface area contributed by atoms with Gasteiger partial charge >= 0.3 is 5.97 Å². The van der Waals surface area contributed by atoms with Gasteiger partial charge in [0.1, 0.15) is 6.04 Å². The topological polar surface area (TPSA) is 92.8 Å². The number of amides is 1. The van der Waals surface area contributed by atoms with Gasteiger partial charge in [0.05, 0.1) is 7.11 Å². The number of rotatable bonds is 3. The van der Waals surface area contributed by atoms with Crippen molar-refractivity contribution in [3.05, 3.63) is 0 Å². The van der Waals surface area contributed by atoms with Crippen LogP contribution in [0.1, 0.15) is 13.8 Å². The molecule has 8 heteroatoms. The Morgan fingerprint density at radius 1 is 1.59 bits per heavy atom. The molecule has 1 N–H and O–H groups in total. The largest absolute Gasteiger partial charge is 0.468 e. The molecule has 0 spiro atoms. The van der Waals surface area contributed by atoms with Crippen LogP contribution in [0, 0.1) is 0 Å². The minimum atomic E-state index is -3.86. The van der Waals surface area contributed by atoms with Crippen LogP contribution in [0.3, 0.4) is 0 Å². The molecule has 0 aromatic heterocycles. The molecule has 0 radical (unpaired) electrons. The summed E-state index contributed by atoms with van der Waals surface area (Å²) in [6.07, 6.45) is 0. The van der Waals surface area contributed by atoms with E-state index in [4.69, 9.17) is 0 Å². The molecule has 1 rings (SSSR count). The molecule has 1 aliphatic heterocycles. The molecule has 0 aromatic rings. The fourth-order valence-corrected chi connectivity index (χ4v) is 3.23. The average molecular weight is 264 g/mol. The predicted octanol–water partition coefficient (Wildman–Crippen LogP) is -1.30. The van der Waals surface area contributed by atoms with Crippen molar-refractivity contribution in [2.24, 2.45) is 0 Å². The van der Waals surface area contributed by atoms with Gasteiger partial charge in [-0.15, -0.1) is 0 Å². The highest BCUT2D eigenvalue weighted by Crippen LogP contribution is 2.16.